The molecule has 0 saturated heterocycles. The highest BCUT2D eigenvalue weighted by atomic mass is 35.5. The van der Waals surface area contributed by atoms with Gasteiger partial charge < -0.3 is 11.1 Å². The van der Waals surface area contributed by atoms with Gasteiger partial charge in [-0.1, -0.05) is 17.7 Å². The van der Waals surface area contributed by atoms with Crippen molar-refractivity contribution in [3.05, 3.63) is 40.9 Å². The Morgan fingerprint density at radius 3 is 3.00 bits per heavy atom. The van der Waals surface area contributed by atoms with E-state index < -0.39 is 0 Å². The van der Waals surface area contributed by atoms with E-state index in [0.29, 0.717) is 30.0 Å². The first-order valence-electron chi connectivity index (χ1n) is 5.74. The second-order valence-corrected chi connectivity index (χ2v) is 4.43. The largest absolute Gasteiger partial charge is 0.398 e. The first-order chi connectivity index (χ1) is 9.08. The molecule has 0 fully saturated rings. The van der Waals surface area contributed by atoms with Gasteiger partial charge in [0.2, 0.25) is 0 Å². The molecule has 1 aromatic heterocycles. The summed E-state index contributed by atoms with van der Waals surface area (Å²) in [5.74, 6) is 0.426. The van der Waals surface area contributed by atoms with Crippen LogP contribution in [0.15, 0.2) is 24.5 Å². The van der Waals surface area contributed by atoms with Crippen molar-refractivity contribution in [2.45, 2.75) is 6.42 Å². The second-order valence-electron chi connectivity index (χ2n) is 4.05. The van der Waals surface area contributed by atoms with Crippen LogP contribution in [0, 0.1) is 0 Å². The Labute approximate surface area is 115 Å². The van der Waals surface area contributed by atoms with Crippen molar-refractivity contribution in [3.63, 3.8) is 0 Å². The second kappa shape index (κ2) is 5.71. The monoisotopic (exact) mass is 279 g/mol. The summed E-state index contributed by atoms with van der Waals surface area (Å²) in [5, 5.41) is 7.15. The van der Waals surface area contributed by atoms with Crippen LogP contribution in [0.1, 0.15) is 16.2 Å². The van der Waals surface area contributed by atoms with Crippen LogP contribution in [0.5, 0.6) is 0 Å². The van der Waals surface area contributed by atoms with E-state index in [1.54, 1.807) is 36.3 Å². The molecule has 2 aromatic rings. The Kier molecular flexibility index (Phi) is 4.01. The highest BCUT2D eigenvalue weighted by Gasteiger charge is 2.11. The number of halogens is 1. The number of benzene rings is 1. The Hall–Kier alpha value is -2.08. The van der Waals surface area contributed by atoms with Gasteiger partial charge in [-0.05, 0) is 12.1 Å². The SMILES string of the molecule is Cn1cnc(CCNC(=O)c2cccc(N)c2Cl)n1. The predicted octanol–water partition coefficient (Wildman–Crippen LogP) is 1.02. The average molecular weight is 280 g/mol. The van der Waals surface area contributed by atoms with Gasteiger partial charge in [0.15, 0.2) is 5.82 Å². The number of carbonyl (C=O) groups excluding carboxylic acids is 1. The number of hydrogen-bond donors (Lipinski definition) is 2. The van der Waals surface area contributed by atoms with E-state index in [2.05, 4.69) is 15.4 Å². The van der Waals surface area contributed by atoms with E-state index in [9.17, 15) is 4.79 Å². The molecule has 2 rings (SSSR count). The van der Waals surface area contributed by atoms with Gasteiger partial charge in [-0.3, -0.25) is 9.48 Å². The van der Waals surface area contributed by atoms with E-state index in [4.69, 9.17) is 17.3 Å². The fourth-order valence-corrected chi connectivity index (χ4v) is 1.82. The molecule has 0 bridgehead atoms. The van der Waals surface area contributed by atoms with Gasteiger partial charge in [-0.15, -0.1) is 0 Å². The van der Waals surface area contributed by atoms with Crippen molar-refractivity contribution < 1.29 is 4.79 Å². The van der Waals surface area contributed by atoms with Crippen LogP contribution >= 0.6 is 11.6 Å². The summed E-state index contributed by atoms with van der Waals surface area (Å²) in [7, 11) is 1.79. The molecule has 1 aromatic carbocycles. The molecular weight excluding hydrogens is 266 g/mol. The number of aromatic nitrogens is 3. The van der Waals surface area contributed by atoms with Crippen molar-refractivity contribution in [3.8, 4) is 0 Å². The minimum Gasteiger partial charge on any atom is -0.398 e. The first kappa shape index (κ1) is 13.4. The van der Waals surface area contributed by atoms with E-state index in [1.165, 1.54) is 0 Å². The molecule has 3 N–H and O–H groups in total. The van der Waals surface area contributed by atoms with Crippen molar-refractivity contribution in [2.24, 2.45) is 7.05 Å². The Morgan fingerprint density at radius 1 is 1.53 bits per heavy atom. The lowest BCUT2D eigenvalue weighted by Crippen LogP contribution is -2.26. The molecule has 0 aliphatic heterocycles. The van der Waals surface area contributed by atoms with Gasteiger partial charge in [0, 0.05) is 20.0 Å². The molecule has 0 aliphatic carbocycles. The molecule has 19 heavy (non-hydrogen) atoms. The van der Waals surface area contributed by atoms with Crippen LogP contribution in [0.25, 0.3) is 0 Å². The number of nitrogen functional groups attached to an aromatic ring is 1. The highest BCUT2D eigenvalue weighted by molar-refractivity contribution is 6.36. The molecule has 0 unspecified atom stereocenters. The van der Waals surface area contributed by atoms with Crippen LogP contribution in [0.4, 0.5) is 5.69 Å². The van der Waals surface area contributed by atoms with Crippen LogP contribution in [0.3, 0.4) is 0 Å². The zero-order valence-corrected chi connectivity index (χ0v) is 11.2. The van der Waals surface area contributed by atoms with Gasteiger partial charge in [0.05, 0.1) is 16.3 Å². The topological polar surface area (TPSA) is 85.8 Å². The number of nitrogens with zero attached hydrogens (tertiary/aromatic N) is 3. The van der Waals surface area contributed by atoms with Gasteiger partial charge in [-0.2, -0.15) is 5.10 Å². The Morgan fingerprint density at radius 2 is 2.32 bits per heavy atom. The van der Waals surface area contributed by atoms with Crippen LogP contribution < -0.4 is 11.1 Å². The lowest BCUT2D eigenvalue weighted by molar-refractivity contribution is 0.0954. The van der Waals surface area contributed by atoms with Crippen LogP contribution in [-0.2, 0) is 13.5 Å². The minimum atomic E-state index is -0.256. The summed E-state index contributed by atoms with van der Waals surface area (Å²) in [4.78, 5) is 16.0. The molecule has 6 nitrogen and oxygen atoms in total. The molecule has 0 atom stereocenters. The Balaban J connectivity index is 1.93. The average Bonchev–Trinajstić information content (AvgIpc) is 2.78. The van der Waals surface area contributed by atoms with Gasteiger partial charge >= 0.3 is 0 Å². The maximum atomic E-state index is 11.9. The van der Waals surface area contributed by atoms with E-state index in [-0.39, 0.29) is 10.9 Å². The molecule has 0 radical (unpaired) electrons. The third kappa shape index (κ3) is 3.23. The van der Waals surface area contributed by atoms with Gasteiger partial charge in [-0.25, -0.2) is 4.98 Å². The first-order valence-corrected chi connectivity index (χ1v) is 6.12. The maximum absolute atomic E-state index is 11.9. The van der Waals surface area contributed by atoms with Crippen LogP contribution in [-0.4, -0.2) is 27.2 Å². The van der Waals surface area contributed by atoms with Crippen LogP contribution in [0.2, 0.25) is 5.02 Å². The fraction of sp³-hybridized carbons (Fsp3) is 0.250. The zero-order valence-electron chi connectivity index (χ0n) is 10.4. The molecule has 1 heterocycles. The normalized spacial score (nSPS) is 10.4. The number of anilines is 1. The van der Waals surface area contributed by atoms with E-state index in [1.807, 2.05) is 0 Å². The maximum Gasteiger partial charge on any atom is 0.252 e. The molecule has 0 saturated carbocycles. The number of amides is 1. The summed E-state index contributed by atoms with van der Waals surface area (Å²) in [5.41, 5.74) is 6.41. The lowest BCUT2D eigenvalue weighted by Gasteiger charge is -2.07. The summed E-state index contributed by atoms with van der Waals surface area (Å²) in [6.45, 7) is 0.438. The van der Waals surface area contributed by atoms with Gasteiger partial charge in [0.1, 0.15) is 6.33 Å². The van der Waals surface area contributed by atoms with Crippen molar-refractivity contribution in [1.82, 2.24) is 20.1 Å². The molecule has 1 amide bonds. The predicted molar refractivity (Wildman–Crippen MR) is 72.9 cm³/mol. The smallest absolute Gasteiger partial charge is 0.252 e. The molecule has 7 heteroatoms. The van der Waals surface area contributed by atoms with E-state index in [0.717, 1.165) is 0 Å². The zero-order chi connectivity index (χ0) is 13.8. The quantitative estimate of drug-likeness (QED) is 0.818. The minimum absolute atomic E-state index is 0.256. The number of nitrogens with two attached hydrogens (primary N) is 1. The van der Waals surface area contributed by atoms with E-state index >= 15 is 0 Å². The number of aryl methyl sites for hydroxylation is 1. The number of nitrogens with one attached hydrogen (secondary N) is 1. The number of rotatable bonds is 4. The van der Waals surface area contributed by atoms with Crippen molar-refractivity contribution >= 4 is 23.2 Å². The van der Waals surface area contributed by atoms with Crippen molar-refractivity contribution in [2.75, 3.05) is 12.3 Å². The third-order valence-corrected chi connectivity index (χ3v) is 2.98. The molecule has 0 spiro atoms. The molecule has 0 aliphatic rings. The number of hydrogen-bond acceptors (Lipinski definition) is 4. The highest BCUT2D eigenvalue weighted by Crippen LogP contribution is 2.22. The van der Waals surface area contributed by atoms with Gasteiger partial charge in [0.25, 0.3) is 5.91 Å². The standard InChI is InChI=1S/C12H14ClN5O/c1-18-7-16-10(17-18)5-6-15-12(19)8-3-2-4-9(14)11(8)13/h2-4,7H,5-6,14H2,1H3,(H,15,19). The summed E-state index contributed by atoms with van der Waals surface area (Å²) < 4.78 is 1.62. The summed E-state index contributed by atoms with van der Waals surface area (Å²) >= 11 is 5.97. The third-order valence-electron chi connectivity index (χ3n) is 2.55. The summed E-state index contributed by atoms with van der Waals surface area (Å²) in [6.07, 6.45) is 2.18. The molecule has 100 valence electrons. The Bertz CT molecular complexity index is 596. The lowest BCUT2D eigenvalue weighted by atomic mass is 10.2. The number of carbonyl (C=O) groups is 1. The molecular formula is C12H14ClN5O. The summed E-state index contributed by atoms with van der Waals surface area (Å²) in [6, 6.07) is 4.97. The van der Waals surface area contributed by atoms with Crippen molar-refractivity contribution in [1.29, 1.82) is 0 Å². The fourth-order valence-electron chi connectivity index (χ4n) is 1.61.